The molecule has 0 radical (unpaired) electrons. The molecule has 4 heteroatoms. The molecule has 0 saturated carbocycles. The van der Waals surface area contributed by atoms with E-state index in [1.165, 1.54) is 12.1 Å². The highest BCUT2D eigenvalue weighted by molar-refractivity contribution is 5.96. The number of rotatable bonds is 2. The van der Waals surface area contributed by atoms with Crippen LogP contribution in [0.1, 0.15) is 12.8 Å². The molecule has 0 aliphatic carbocycles. The molecule has 1 aromatic rings. The molecule has 2 rings (SSSR count). The van der Waals surface area contributed by atoms with Crippen LogP contribution in [0, 0.1) is 5.82 Å². The molecule has 1 fully saturated rings. The summed E-state index contributed by atoms with van der Waals surface area (Å²) in [5, 5.41) is 3.15. The summed E-state index contributed by atoms with van der Waals surface area (Å²) in [7, 11) is 1.72. The molecule has 16 heavy (non-hydrogen) atoms. The molecule has 1 atom stereocenters. The lowest BCUT2D eigenvalue weighted by atomic mass is 10.2. The average molecular weight is 222 g/mol. The normalized spacial score (nSPS) is 19.8. The highest BCUT2D eigenvalue weighted by Gasteiger charge is 2.25. The van der Waals surface area contributed by atoms with Crippen molar-refractivity contribution in [2.45, 2.75) is 18.9 Å². The molecule has 1 N–H and O–H groups in total. The van der Waals surface area contributed by atoms with E-state index in [-0.39, 0.29) is 17.8 Å². The molecule has 1 aliphatic heterocycles. The molecule has 1 aliphatic rings. The molecule has 1 saturated heterocycles. The number of hydrogen-bond donors (Lipinski definition) is 1. The van der Waals surface area contributed by atoms with Crippen LogP contribution in [0.15, 0.2) is 24.3 Å². The molecule has 0 unspecified atom stereocenters. The molecule has 0 bridgehead atoms. The quantitative estimate of drug-likeness (QED) is 0.823. The molecule has 1 amide bonds. The van der Waals surface area contributed by atoms with E-state index >= 15 is 0 Å². The predicted molar refractivity (Wildman–Crippen MR) is 60.8 cm³/mol. The minimum Gasteiger partial charge on any atom is -0.314 e. The Morgan fingerprint density at radius 3 is 2.69 bits per heavy atom. The Labute approximate surface area is 94.3 Å². The van der Waals surface area contributed by atoms with Gasteiger partial charge in [0.05, 0.1) is 6.04 Å². The molecule has 1 heterocycles. The lowest BCUT2D eigenvalue weighted by Gasteiger charge is -2.21. The highest BCUT2D eigenvalue weighted by Crippen LogP contribution is 2.16. The standard InChI is InChI=1S/C12H15FN2O/c1-15(10-6-4-9(13)5-7-10)12(16)11-3-2-8-14-11/h4-7,11,14H,2-3,8H2,1H3/t11-/m1/s1. The SMILES string of the molecule is CN(C(=O)[C@H]1CCCN1)c1ccc(F)cc1. The van der Waals surface area contributed by atoms with Gasteiger partial charge in [-0.2, -0.15) is 0 Å². The number of nitrogens with zero attached hydrogens (tertiary/aromatic N) is 1. The summed E-state index contributed by atoms with van der Waals surface area (Å²) < 4.78 is 12.7. The third-order valence-electron chi connectivity index (χ3n) is 2.90. The molecule has 1 aromatic carbocycles. The molecular formula is C12H15FN2O. The van der Waals surface area contributed by atoms with Gasteiger partial charge in [-0.25, -0.2) is 4.39 Å². The van der Waals surface area contributed by atoms with E-state index in [9.17, 15) is 9.18 Å². The zero-order valence-corrected chi connectivity index (χ0v) is 9.24. The van der Waals surface area contributed by atoms with Crippen LogP contribution in [0.2, 0.25) is 0 Å². The van der Waals surface area contributed by atoms with Crippen molar-refractivity contribution in [2.24, 2.45) is 0 Å². The van der Waals surface area contributed by atoms with Crippen molar-refractivity contribution >= 4 is 11.6 Å². The first-order valence-corrected chi connectivity index (χ1v) is 5.45. The van der Waals surface area contributed by atoms with Gasteiger partial charge in [0, 0.05) is 12.7 Å². The van der Waals surface area contributed by atoms with Crippen molar-refractivity contribution in [2.75, 3.05) is 18.5 Å². The topological polar surface area (TPSA) is 32.3 Å². The first-order valence-electron chi connectivity index (χ1n) is 5.45. The summed E-state index contributed by atoms with van der Waals surface area (Å²) >= 11 is 0. The molecule has 3 nitrogen and oxygen atoms in total. The second kappa shape index (κ2) is 4.61. The predicted octanol–water partition coefficient (Wildman–Crippen LogP) is 1.54. The van der Waals surface area contributed by atoms with Crippen LogP contribution in [0.3, 0.4) is 0 Å². The molecule has 0 aromatic heterocycles. The molecule has 0 spiro atoms. The Morgan fingerprint density at radius 2 is 2.12 bits per heavy atom. The second-order valence-corrected chi connectivity index (χ2v) is 4.02. The van der Waals surface area contributed by atoms with Gasteiger partial charge in [0.15, 0.2) is 0 Å². The van der Waals surface area contributed by atoms with E-state index in [0.29, 0.717) is 0 Å². The zero-order valence-electron chi connectivity index (χ0n) is 9.24. The number of nitrogens with one attached hydrogen (secondary N) is 1. The summed E-state index contributed by atoms with van der Waals surface area (Å²) in [5.41, 5.74) is 0.722. The van der Waals surface area contributed by atoms with Gasteiger partial charge in [0.25, 0.3) is 0 Å². The maximum atomic E-state index is 12.7. The van der Waals surface area contributed by atoms with Crippen LogP contribution in [-0.2, 0) is 4.79 Å². The Bertz CT molecular complexity index is 371. The lowest BCUT2D eigenvalue weighted by molar-refractivity contribution is -0.119. The number of anilines is 1. The summed E-state index contributed by atoms with van der Waals surface area (Å²) in [4.78, 5) is 13.6. The van der Waals surface area contributed by atoms with E-state index in [1.807, 2.05) is 0 Å². The van der Waals surface area contributed by atoms with E-state index in [2.05, 4.69) is 5.32 Å². The third-order valence-corrected chi connectivity index (χ3v) is 2.90. The minimum absolute atomic E-state index is 0.0455. The maximum absolute atomic E-state index is 12.7. The van der Waals surface area contributed by atoms with Crippen LogP contribution in [0.4, 0.5) is 10.1 Å². The van der Waals surface area contributed by atoms with Crippen molar-refractivity contribution in [3.8, 4) is 0 Å². The van der Waals surface area contributed by atoms with Crippen LogP contribution < -0.4 is 10.2 Å². The Balaban J connectivity index is 2.08. The van der Waals surface area contributed by atoms with Crippen LogP contribution in [0.25, 0.3) is 0 Å². The Kier molecular flexibility index (Phi) is 3.19. The van der Waals surface area contributed by atoms with Gasteiger partial charge in [0.1, 0.15) is 5.82 Å². The summed E-state index contributed by atoms with van der Waals surface area (Å²) in [6, 6.07) is 5.86. The van der Waals surface area contributed by atoms with Gasteiger partial charge in [-0.1, -0.05) is 0 Å². The summed E-state index contributed by atoms with van der Waals surface area (Å²) in [6.45, 7) is 0.896. The van der Waals surface area contributed by atoms with Gasteiger partial charge in [-0.15, -0.1) is 0 Å². The Morgan fingerprint density at radius 1 is 1.44 bits per heavy atom. The number of hydrogen-bond acceptors (Lipinski definition) is 2. The Hall–Kier alpha value is -1.42. The summed E-state index contributed by atoms with van der Waals surface area (Å²) in [6.07, 6.45) is 1.91. The molecule has 86 valence electrons. The monoisotopic (exact) mass is 222 g/mol. The first-order chi connectivity index (χ1) is 7.68. The van der Waals surface area contributed by atoms with Crippen LogP contribution in [0.5, 0.6) is 0 Å². The zero-order chi connectivity index (χ0) is 11.5. The van der Waals surface area contributed by atoms with E-state index < -0.39 is 0 Å². The largest absolute Gasteiger partial charge is 0.314 e. The van der Waals surface area contributed by atoms with Crippen molar-refractivity contribution in [1.82, 2.24) is 5.32 Å². The fraction of sp³-hybridized carbons (Fsp3) is 0.417. The second-order valence-electron chi connectivity index (χ2n) is 4.02. The van der Waals surface area contributed by atoms with Crippen LogP contribution >= 0.6 is 0 Å². The first kappa shape index (κ1) is 11.1. The number of carbonyl (C=O) groups is 1. The van der Waals surface area contributed by atoms with Gasteiger partial charge in [-0.3, -0.25) is 4.79 Å². The van der Waals surface area contributed by atoms with E-state index in [0.717, 1.165) is 25.1 Å². The van der Waals surface area contributed by atoms with E-state index in [4.69, 9.17) is 0 Å². The number of halogens is 1. The minimum atomic E-state index is -0.288. The number of amides is 1. The van der Waals surface area contributed by atoms with Gasteiger partial charge >= 0.3 is 0 Å². The summed E-state index contributed by atoms with van der Waals surface area (Å²) in [5.74, 6) is -0.243. The van der Waals surface area contributed by atoms with Crippen molar-refractivity contribution in [1.29, 1.82) is 0 Å². The van der Waals surface area contributed by atoms with E-state index in [1.54, 1.807) is 24.1 Å². The van der Waals surface area contributed by atoms with Gasteiger partial charge in [-0.05, 0) is 43.7 Å². The highest BCUT2D eigenvalue weighted by atomic mass is 19.1. The van der Waals surface area contributed by atoms with Crippen molar-refractivity contribution in [3.05, 3.63) is 30.1 Å². The van der Waals surface area contributed by atoms with Crippen molar-refractivity contribution in [3.63, 3.8) is 0 Å². The van der Waals surface area contributed by atoms with Gasteiger partial charge < -0.3 is 10.2 Å². The lowest BCUT2D eigenvalue weighted by Crippen LogP contribution is -2.41. The fourth-order valence-electron chi connectivity index (χ4n) is 1.92. The van der Waals surface area contributed by atoms with Crippen LogP contribution in [-0.4, -0.2) is 25.5 Å². The maximum Gasteiger partial charge on any atom is 0.243 e. The smallest absolute Gasteiger partial charge is 0.243 e. The fourth-order valence-corrected chi connectivity index (χ4v) is 1.92. The average Bonchev–Trinajstić information content (AvgIpc) is 2.81. The number of benzene rings is 1. The van der Waals surface area contributed by atoms with Crippen molar-refractivity contribution < 1.29 is 9.18 Å². The number of carbonyl (C=O) groups excluding carboxylic acids is 1. The number of likely N-dealkylation sites (N-methyl/N-ethyl adjacent to an activating group) is 1. The third kappa shape index (κ3) is 2.22. The van der Waals surface area contributed by atoms with Gasteiger partial charge in [0.2, 0.25) is 5.91 Å². The molecular weight excluding hydrogens is 207 g/mol.